The van der Waals surface area contributed by atoms with E-state index in [1.165, 1.54) is 0 Å². The zero-order valence-electron chi connectivity index (χ0n) is 25.5. The lowest BCUT2D eigenvalue weighted by Gasteiger charge is -2.31. The van der Waals surface area contributed by atoms with Crippen molar-refractivity contribution in [1.82, 2.24) is 10.9 Å². The van der Waals surface area contributed by atoms with Crippen LogP contribution in [0.4, 0.5) is 0 Å². The second-order valence-electron chi connectivity index (χ2n) is 10.6. The van der Waals surface area contributed by atoms with Crippen molar-refractivity contribution in [2.24, 2.45) is 4.99 Å². The van der Waals surface area contributed by atoms with Crippen LogP contribution in [-0.2, 0) is 22.5 Å². The van der Waals surface area contributed by atoms with E-state index in [1.54, 1.807) is 14.2 Å². The van der Waals surface area contributed by atoms with Gasteiger partial charge in [-0.25, -0.2) is 10.4 Å². The molecule has 1 heterocycles. The van der Waals surface area contributed by atoms with Gasteiger partial charge in [0.1, 0.15) is 5.75 Å². The van der Waals surface area contributed by atoms with Crippen molar-refractivity contribution in [2.45, 2.75) is 31.0 Å². The summed E-state index contributed by atoms with van der Waals surface area (Å²) in [5, 5.41) is 9.07. The van der Waals surface area contributed by atoms with Crippen LogP contribution in [0.15, 0.2) is 105 Å². The number of ether oxygens (including phenoxy) is 4. The van der Waals surface area contributed by atoms with E-state index in [4.69, 9.17) is 29.0 Å². The Balaban J connectivity index is 1.50. The highest BCUT2D eigenvalue weighted by atomic mass is 79.9. The first-order chi connectivity index (χ1) is 22.4. The Morgan fingerprint density at radius 2 is 1.65 bits per heavy atom. The van der Waals surface area contributed by atoms with Gasteiger partial charge in [0.15, 0.2) is 23.1 Å². The second kappa shape index (κ2) is 15.6. The molecule has 5 rings (SSSR count). The monoisotopic (exact) mass is 751 g/mol. The number of aliphatic hydroxyl groups is 1. The molecule has 0 aliphatic carbocycles. The molecule has 0 fully saturated rings. The highest BCUT2D eigenvalue weighted by molar-refractivity contribution is 9.10. The summed E-state index contributed by atoms with van der Waals surface area (Å²) in [6, 6.07) is 28.5. The number of amides is 1. The molecule has 46 heavy (non-hydrogen) atoms. The molecule has 0 bridgehead atoms. The van der Waals surface area contributed by atoms with Crippen molar-refractivity contribution < 1.29 is 28.8 Å². The smallest absolute Gasteiger partial charge is 0.266 e. The van der Waals surface area contributed by atoms with Gasteiger partial charge in [-0.15, -0.1) is 0 Å². The third kappa shape index (κ3) is 7.72. The van der Waals surface area contributed by atoms with Crippen molar-refractivity contribution in [2.75, 3.05) is 27.4 Å². The molecule has 1 amide bonds. The number of aliphatic hydroxyl groups excluding tert-OH is 1. The first kappa shape index (κ1) is 33.5. The fourth-order valence-electron chi connectivity index (χ4n) is 5.19. The summed E-state index contributed by atoms with van der Waals surface area (Å²) in [4.78, 5) is 19.5. The van der Waals surface area contributed by atoms with Gasteiger partial charge < -0.3 is 24.1 Å². The number of nitrogens with one attached hydrogen (secondary N) is 2. The number of nitrogens with zero attached hydrogens (tertiary/aromatic N) is 1. The van der Waals surface area contributed by atoms with Crippen LogP contribution in [0, 0.1) is 0 Å². The van der Waals surface area contributed by atoms with Crippen molar-refractivity contribution in [3.05, 3.63) is 122 Å². The van der Waals surface area contributed by atoms with Crippen molar-refractivity contribution in [3.8, 4) is 17.2 Å². The molecular weight excluding hydrogens is 718 g/mol. The van der Waals surface area contributed by atoms with Crippen LogP contribution in [0.5, 0.6) is 17.2 Å². The average molecular weight is 753 g/mol. The maximum absolute atomic E-state index is 14.5. The van der Waals surface area contributed by atoms with Gasteiger partial charge in [0, 0.05) is 46.1 Å². The molecule has 3 N–H and O–H groups in total. The fraction of sp³-hybridized carbons (Fsp3) is 0.257. The topological polar surface area (TPSA) is 111 Å². The molecule has 0 spiro atoms. The number of hydrogen-bond donors (Lipinski definition) is 3. The summed E-state index contributed by atoms with van der Waals surface area (Å²) in [7, 11) is 3.17. The summed E-state index contributed by atoms with van der Waals surface area (Å²) in [6.07, 6.45) is 0.0473. The maximum Gasteiger partial charge on any atom is 0.266 e. The van der Waals surface area contributed by atoms with E-state index in [-0.39, 0.29) is 18.9 Å². The van der Waals surface area contributed by atoms with Crippen LogP contribution in [-0.4, -0.2) is 49.9 Å². The molecule has 9 nitrogen and oxygen atoms in total. The summed E-state index contributed by atoms with van der Waals surface area (Å²) in [5.41, 5.74) is 7.92. The molecule has 0 saturated carbocycles. The molecule has 4 aromatic carbocycles. The van der Waals surface area contributed by atoms with Gasteiger partial charge >= 0.3 is 0 Å². The second-order valence-corrected chi connectivity index (χ2v) is 12.4. The van der Waals surface area contributed by atoms with Gasteiger partial charge in [-0.1, -0.05) is 68.3 Å². The minimum Gasteiger partial charge on any atom is -0.494 e. The minimum atomic E-state index is -1.38. The quantitative estimate of drug-likeness (QED) is 0.102. The third-order valence-corrected chi connectivity index (χ3v) is 8.80. The van der Waals surface area contributed by atoms with Crippen molar-refractivity contribution >= 4 is 43.7 Å². The Bertz CT molecular complexity index is 1670. The van der Waals surface area contributed by atoms with Crippen LogP contribution in [0.2, 0.25) is 0 Å². The van der Waals surface area contributed by atoms with Gasteiger partial charge in [0.25, 0.3) is 5.91 Å². The zero-order chi connectivity index (χ0) is 32.5. The predicted molar refractivity (Wildman–Crippen MR) is 183 cm³/mol. The third-order valence-electron chi connectivity index (χ3n) is 7.55. The average Bonchev–Trinajstić information content (AvgIpc) is 3.46. The van der Waals surface area contributed by atoms with Crippen LogP contribution in [0.3, 0.4) is 0 Å². The molecule has 1 aliphatic rings. The zero-order valence-corrected chi connectivity index (χ0v) is 28.6. The fourth-order valence-corrected chi connectivity index (χ4v) is 5.94. The Morgan fingerprint density at radius 1 is 0.935 bits per heavy atom. The lowest BCUT2D eigenvalue weighted by molar-refractivity contribution is -0.130. The normalized spacial score (nSPS) is 17.2. The Morgan fingerprint density at radius 3 is 2.35 bits per heavy atom. The first-order valence-corrected chi connectivity index (χ1v) is 16.3. The number of carbonyl (C=O) groups excluding carboxylic acids is 1. The van der Waals surface area contributed by atoms with E-state index in [0.29, 0.717) is 48.3 Å². The first-order valence-electron chi connectivity index (χ1n) is 14.7. The van der Waals surface area contributed by atoms with Crippen LogP contribution < -0.4 is 25.1 Å². The van der Waals surface area contributed by atoms with Crippen LogP contribution in [0.25, 0.3) is 0 Å². The van der Waals surface area contributed by atoms with E-state index in [2.05, 4.69) is 42.7 Å². The minimum absolute atomic E-state index is 0.0603. The summed E-state index contributed by atoms with van der Waals surface area (Å²) < 4.78 is 24.9. The highest BCUT2D eigenvalue weighted by Crippen LogP contribution is 2.44. The molecule has 2 atom stereocenters. The van der Waals surface area contributed by atoms with Crippen LogP contribution in [0.1, 0.15) is 34.8 Å². The predicted octanol–water partition coefficient (Wildman–Crippen LogP) is 6.31. The molecule has 0 radical (unpaired) electrons. The summed E-state index contributed by atoms with van der Waals surface area (Å²) in [6.45, 7) is 0.796. The van der Waals surface area contributed by atoms with Gasteiger partial charge in [-0.3, -0.25) is 10.2 Å². The number of methoxy groups -OCH3 is 2. The molecule has 0 saturated heterocycles. The molecule has 11 heteroatoms. The molecule has 1 aliphatic heterocycles. The molecule has 240 valence electrons. The Kier molecular flexibility index (Phi) is 11.3. The molecule has 4 aromatic rings. The lowest BCUT2D eigenvalue weighted by Crippen LogP contribution is -2.53. The Hall–Kier alpha value is -3.90. The summed E-state index contributed by atoms with van der Waals surface area (Å²) in [5.74, 6) is 1.87. The maximum atomic E-state index is 14.5. The van der Waals surface area contributed by atoms with Gasteiger partial charge in [-0.2, -0.15) is 0 Å². The number of hydrazine groups is 1. The van der Waals surface area contributed by atoms with E-state index < -0.39 is 11.6 Å². The SMILES string of the molecule is COc1ccc(CNNC(=O)[C@@]2(Cc3ccc(Br)cc3)N=C(c3ccc(OCCCO)cc3)O[C@H]2c2ccccc2Br)cc1OC. The summed E-state index contributed by atoms with van der Waals surface area (Å²) >= 11 is 7.20. The lowest BCUT2D eigenvalue weighted by atomic mass is 9.82. The van der Waals surface area contributed by atoms with E-state index in [1.807, 2.05) is 91.0 Å². The van der Waals surface area contributed by atoms with E-state index >= 15 is 0 Å². The largest absolute Gasteiger partial charge is 0.494 e. The number of carbonyl (C=O) groups is 1. The number of aliphatic imine (C=N–C) groups is 1. The van der Waals surface area contributed by atoms with E-state index in [9.17, 15) is 4.79 Å². The number of hydrogen-bond acceptors (Lipinski definition) is 8. The molecule has 0 aromatic heterocycles. The van der Waals surface area contributed by atoms with E-state index in [0.717, 1.165) is 25.6 Å². The standard InChI is InChI=1S/C35H35Br2N3O6/c1-43-30-17-10-24(20-31(30)44-2)22-38-40-34(42)35(21-23-8-13-26(36)14-9-23)32(28-6-3-4-7-29(28)37)46-33(39-35)25-11-15-27(16-12-25)45-19-5-18-41/h3-4,6-17,20,32,38,41H,5,18-19,21-22H2,1-2H3,(H,40,42)/t32-,35-/m0/s1. The van der Waals surface area contributed by atoms with Crippen molar-refractivity contribution in [1.29, 1.82) is 0 Å². The van der Waals surface area contributed by atoms with Crippen molar-refractivity contribution in [3.63, 3.8) is 0 Å². The van der Waals surface area contributed by atoms with Gasteiger partial charge in [-0.05, 0) is 65.7 Å². The van der Waals surface area contributed by atoms with Crippen LogP contribution >= 0.6 is 31.9 Å². The number of benzene rings is 4. The molecule has 0 unspecified atom stereocenters. The van der Waals surface area contributed by atoms with Gasteiger partial charge in [0.2, 0.25) is 5.90 Å². The Labute approximate surface area is 285 Å². The molecular formula is C35H35Br2N3O6. The highest BCUT2D eigenvalue weighted by Gasteiger charge is 2.54. The van der Waals surface area contributed by atoms with Gasteiger partial charge in [0.05, 0.1) is 20.8 Å². The number of rotatable bonds is 14. The number of halogens is 2.